The number of anilines is 3. The van der Waals surface area contributed by atoms with Crippen LogP contribution in [0.1, 0.15) is 31.0 Å². The lowest BCUT2D eigenvalue weighted by atomic mass is 9.73. The third-order valence-corrected chi connectivity index (χ3v) is 5.57. The molecule has 1 aliphatic rings. The van der Waals surface area contributed by atoms with Crippen LogP contribution in [-0.4, -0.2) is 17.3 Å². The van der Waals surface area contributed by atoms with Gasteiger partial charge in [-0.2, -0.15) is 0 Å². The maximum atomic E-state index is 13.3. The molecule has 8 heteroatoms. The Hall–Kier alpha value is -4.07. The smallest absolute Gasteiger partial charge is 0.449 e. The first-order valence-electron chi connectivity index (χ1n) is 10.4. The number of halogens is 1. The highest BCUT2D eigenvalue weighted by molar-refractivity contribution is 5.99. The molecule has 0 fully saturated rings. The predicted octanol–water partition coefficient (Wildman–Crippen LogP) is 6.26. The minimum absolute atomic E-state index is 0.0516. The van der Waals surface area contributed by atoms with Crippen molar-refractivity contribution in [3.05, 3.63) is 83.7 Å². The third-order valence-electron chi connectivity index (χ3n) is 5.57. The number of rotatable bonds is 4. The van der Waals surface area contributed by atoms with Crippen LogP contribution in [-0.2, 0) is 6.42 Å². The standard InChI is InChI=1S/C25H24FN3O4/c1-25(2)14-16-12-20(33-24(31)32)9-10-21(16)29-22(25)15-5-3-7-18(11-15)27-23(30)28-19-8-4-6-17(26)13-19/h3-13,22,29H,14H2,1-2H3,(H,31,32)(H2,27,28,30). The summed E-state index contributed by atoms with van der Waals surface area (Å²) >= 11 is 0. The quantitative estimate of drug-likeness (QED) is 0.278. The van der Waals surface area contributed by atoms with Crippen molar-refractivity contribution in [1.29, 1.82) is 0 Å². The van der Waals surface area contributed by atoms with Gasteiger partial charge in [-0.25, -0.2) is 14.0 Å². The summed E-state index contributed by atoms with van der Waals surface area (Å²) in [7, 11) is 0. The molecule has 170 valence electrons. The maximum Gasteiger partial charge on any atom is 0.511 e. The molecule has 3 aromatic rings. The number of ether oxygens (including phenoxy) is 1. The van der Waals surface area contributed by atoms with E-state index in [1.54, 1.807) is 24.3 Å². The monoisotopic (exact) mass is 449 g/mol. The molecule has 1 unspecified atom stereocenters. The van der Waals surface area contributed by atoms with Gasteiger partial charge in [-0.05, 0) is 71.5 Å². The van der Waals surface area contributed by atoms with Gasteiger partial charge < -0.3 is 25.8 Å². The summed E-state index contributed by atoms with van der Waals surface area (Å²) in [5.74, 6) is -0.143. The third kappa shape index (κ3) is 5.23. The van der Waals surface area contributed by atoms with Crippen LogP contribution in [0.4, 0.5) is 31.0 Å². The van der Waals surface area contributed by atoms with Gasteiger partial charge in [0.15, 0.2) is 0 Å². The Balaban J connectivity index is 1.51. The molecule has 3 aromatic carbocycles. The van der Waals surface area contributed by atoms with Crippen molar-refractivity contribution in [2.45, 2.75) is 26.3 Å². The van der Waals surface area contributed by atoms with E-state index in [0.717, 1.165) is 16.8 Å². The SMILES string of the molecule is CC1(C)Cc2cc(OC(=O)O)ccc2NC1c1cccc(NC(=O)Nc2cccc(F)c2)c1. The first kappa shape index (κ1) is 22.1. The molecule has 1 aliphatic heterocycles. The predicted molar refractivity (Wildman–Crippen MR) is 124 cm³/mol. The number of amides is 2. The Morgan fingerprint density at radius 2 is 1.73 bits per heavy atom. The molecule has 1 atom stereocenters. The van der Waals surface area contributed by atoms with E-state index in [0.29, 0.717) is 17.8 Å². The van der Waals surface area contributed by atoms with Crippen molar-refractivity contribution in [3.63, 3.8) is 0 Å². The van der Waals surface area contributed by atoms with Gasteiger partial charge in [0, 0.05) is 17.1 Å². The minimum atomic E-state index is -1.35. The maximum absolute atomic E-state index is 13.3. The Morgan fingerprint density at radius 3 is 2.42 bits per heavy atom. The molecule has 4 rings (SSSR count). The zero-order chi connectivity index (χ0) is 23.6. The van der Waals surface area contributed by atoms with Crippen LogP contribution < -0.4 is 20.7 Å². The number of carbonyl (C=O) groups is 2. The summed E-state index contributed by atoms with van der Waals surface area (Å²) in [5, 5.41) is 17.8. The van der Waals surface area contributed by atoms with Gasteiger partial charge in [0.05, 0.1) is 6.04 Å². The van der Waals surface area contributed by atoms with Gasteiger partial charge in [0.2, 0.25) is 0 Å². The number of urea groups is 1. The summed E-state index contributed by atoms with van der Waals surface area (Å²) in [4.78, 5) is 23.2. The summed E-state index contributed by atoms with van der Waals surface area (Å²) in [6.07, 6.45) is -0.643. The van der Waals surface area contributed by atoms with Gasteiger partial charge in [-0.3, -0.25) is 0 Å². The number of carbonyl (C=O) groups excluding carboxylic acids is 1. The van der Waals surface area contributed by atoms with E-state index in [-0.39, 0.29) is 17.2 Å². The Morgan fingerprint density at radius 1 is 1.03 bits per heavy atom. The van der Waals surface area contributed by atoms with E-state index in [4.69, 9.17) is 9.84 Å². The van der Waals surface area contributed by atoms with Crippen LogP contribution in [0.25, 0.3) is 0 Å². The number of hydrogen-bond donors (Lipinski definition) is 4. The van der Waals surface area contributed by atoms with Gasteiger partial charge in [0.1, 0.15) is 11.6 Å². The molecule has 0 saturated carbocycles. The van der Waals surface area contributed by atoms with Crippen molar-refractivity contribution in [1.82, 2.24) is 0 Å². The van der Waals surface area contributed by atoms with Crippen LogP contribution in [0, 0.1) is 11.2 Å². The lowest BCUT2D eigenvalue weighted by Crippen LogP contribution is -2.35. The fourth-order valence-corrected chi connectivity index (χ4v) is 4.16. The molecular weight excluding hydrogens is 425 g/mol. The van der Waals surface area contributed by atoms with E-state index >= 15 is 0 Å². The zero-order valence-electron chi connectivity index (χ0n) is 18.2. The highest BCUT2D eigenvalue weighted by Crippen LogP contribution is 2.45. The molecule has 0 aliphatic carbocycles. The van der Waals surface area contributed by atoms with E-state index in [1.165, 1.54) is 18.2 Å². The van der Waals surface area contributed by atoms with Crippen molar-refractivity contribution in [2.75, 3.05) is 16.0 Å². The Bertz CT molecular complexity index is 1210. The molecule has 7 nitrogen and oxygen atoms in total. The normalized spacial score (nSPS) is 16.2. The number of nitrogens with one attached hydrogen (secondary N) is 3. The first-order valence-corrected chi connectivity index (χ1v) is 10.4. The van der Waals surface area contributed by atoms with E-state index in [9.17, 15) is 14.0 Å². The topological polar surface area (TPSA) is 99.7 Å². The molecule has 33 heavy (non-hydrogen) atoms. The minimum Gasteiger partial charge on any atom is -0.449 e. The highest BCUT2D eigenvalue weighted by atomic mass is 19.1. The molecule has 4 N–H and O–H groups in total. The number of fused-ring (bicyclic) bond motifs is 1. The fourth-order valence-electron chi connectivity index (χ4n) is 4.16. The molecule has 0 radical (unpaired) electrons. The van der Waals surface area contributed by atoms with Gasteiger partial charge in [0.25, 0.3) is 0 Å². The summed E-state index contributed by atoms with van der Waals surface area (Å²) in [6.45, 7) is 4.24. The second-order valence-electron chi connectivity index (χ2n) is 8.64. The molecule has 2 amide bonds. The zero-order valence-corrected chi connectivity index (χ0v) is 18.2. The van der Waals surface area contributed by atoms with Gasteiger partial charge >= 0.3 is 12.2 Å². The summed E-state index contributed by atoms with van der Waals surface area (Å²) in [6, 6.07) is 17.9. The highest BCUT2D eigenvalue weighted by Gasteiger charge is 2.36. The van der Waals surface area contributed by atoms with Crippen LogP contribution in [0.15, 0.2) is 66.7 Å². The molecule has 0 aromatic heterocycles. The average molecular weight is 449 g/mol. The average Bonchev–Trinajstić information content (AvgIpc) is 2.72. The van der Waals surface area contributed by atoms with Gasteiger partial charge in [-0.15, -0.1) is 0 Å². The fraction of sp³-hybridized carbons (Fsp3) is 0.200. The van der Waals surface area contributed by atoms with E-state index in [2.05, 4.69) is 29.8 Å². The molecule has 1 heterocycles. The molecule has 0 spiro atoms. The van der Waals surface area contributed by atoms with E-state index in [1.807, 2.05) is 24.3 Å². The lowest BCUT2D eigenvalue weighted by molar-refractivity contribution is 0.144. The van der Waals surface area contributed by atoms with Crippen molar-refractivity contribution in [3.8, 4) is 5.75 Å². The second kappa shape index (κ2) is 8.82. The Labute approximate surface area is 190 Å². The first-order chi connectivity index (χ1) is 15.7. The largest absolute Gasteiger partial charge is 0.511 e. The van der Waals surface area contributed by atoms with Crippen molar-refractivity contribution >= 4 is 29.2 Å². The summed E-state index contributed by atoms with van der Waals surface area (Å²) in [5.41, 5.74) is 3.62. The van der Waals surface area contributed by atoms with Crippen LogP contribution >= 0.6 is 0 Å². The molecule has 0 saturated heterocycles. The second-order valence-corrected chi connectivity index (χ2v) is 8.64. The van der Waals surface area contributed by atoms with Crippen LogP contribution in [0.2, 0.25) is 0 Å². The molecular formula is C25H24FN3O4. The van der Waals surface area contributed by atoms with Crippen LogP contribution in [0.5, 0.6) is 5.75 Å². The van der Waals surface area contributed by atoms with E-state index < -0.39 is 18.0 Å². The molecule has 0 bridgehead atoms. The van der Waals surface area contributed by atoms with Crippen LogP contribution in [0.3, 0.4) is 0 Å². The number of carboxylic acid groups (broad SMARTS) is 1. The Kier molecular flexibility index (Phi) is 5.91. The van der Waals surface area contributed by atoms with Crippen molar-refractivity contribution in [2.24, 2.45) is 5.41 Å². The number of hydrogen-bond acceptors (Lipinski definition) is 4. The number of benzene rings is 3. The van der Waals surface area contributed by atoms with Crippen molar-refractivity contribution < 1.29 is 23.8 Å². The summed E-state index contributed by atoms with van der Waals surface area (Å²) < 4.78 is 18.1. The lowest BCUT2D eigenvalue weighted by Gasteiger charge is -2.41. The van der Waals surface area contributed by atoms with Gasteiger partial charge in [-0.1, -0.05) is 32.0 Å².